The highest BCUT2D eigenvalue weighted by molar-refractivity contribution is 7.92. The van der Waals surface area contributed by atoms with Crippen LogP contribution in [0.25, 0.3) is 0 Å². The van der Waals surface area contributed by atoms with Crippen molar-refractivity contribution in [2.45, 2.75) is 24.3 Å². The number of hydrogen-bond acceptors (Lipinski definition) is 4. The maximum atomic E-state index is 13.1. The van der Waals surface area contributed by atoms with Crippen LogP contribution < -0.4 is 14.4 Å². The van der Waals surface area contributed by atoms with Crippen molar-refractivity contribution in [1.82, 2.24) is 0 Å². The molecule has 0 saturated heterocycles. The molecule has 1 heterocycles. The molecular weight excluding hydrogens is 400 g/mol. The number of hydrogen-bond donors (Lipinski definition) is 1. The first-order chi connectivity index (χ1) is 14.4. The molecule has 6 nitrogen and oxygen atoms in total. The van der Waals surface area contributed by atoms with Crippen LogP contribution in [0, 0.1) is 0 Å². The van der Waals surface area contributed by atoms with Gasteiger partial charge in [0.25, 0.3) is 15.9 Å². The first-order valence-corrected chi connectivity index (χ1v) is 11.1. The molecule has 1 amide bonds. The number of amides is 1. The topological polar surface area (TPSA) is 75.7 Å². The van der Waals surface area contributed by atoms with Crippen molar-refractivity contribution >= 4 is 27.3 Å². The molecule has 0 unspecified atom stereocenters. The predicted molar refractivity (Wildman–Crippen MR) is 116 cm³/mol. The summed E-state index contributed by atoms with van der Waals surface area (Å²) in [6.45, 7) is 2.08. The van der Waals surface area contributed by atoms with Crippen molar-refractivity contribution in [3.05, 3.63) is 84.4 Å². The fourth-order valence-corrected chi connectivity index (χ4v) is 4.90. The molecule has 1 aliphatic heterocycles. The zero-order valence-corrected chi connectivity index (χ0v) is 17.3. The molecule has 30 heavy (non-hydrogen) atoms. The Morgan fingerprint density at radius 1 is 0.967 bits per heavy atom. The number of para-hydroxylation sites is 2. The van der Waals surface area contributed by atoms with E-state index < -0.39 is 16.1 Å². The highest BCUT2D eigenvalue weighted by Gasteiger charge is 2.30. The summed E-state index contributed by atoms with van der Waals surface area (Å²) < 4.78 is 33.2. The van der Waals surface area contributed by atoms with E-state index in [1.54, 1.807) is 31.2 Å². The first kappa shape index (κ1) is 20.0. The van der Waals surface area contributed by atoms with Gasteiger partial charge in [-0.25, -0.2) is 8.42 Å². The van der Waals surface area contributed by atoms with Crippen molar-refractivity contribution in [2.75, 3.05) is 16.2 Å². The lowest BCUT2D eigenvalue weighted by atomic mass is 10.2. The first-order valence-electron chi connectivity index (χ1n) is 9.68. The number of fused-ring (bicyclic) bond motifs is 1. The van der Waals surface area contributed by atoms with Crippen LogP contribution in [0.1, 0.15) is 12.5 Å². The Morgan fingerprint density at radius 3 is 2.37 bits per heavy atom. The minimum Gasteiger partial charge on any atom is -0.481 e. The van der Waals surface area contributed by atoms with Gasteiger partial charge in [0.2, 0.25) is 0 Å². The third-order valence-electron chi connectivity index (χ3n) is 4.98. The molecule has 3 aromatic rings. The normalized spacial score (nSPS) is 14.1. The second-order valence-electron chi connectivity index (χ2n) is 7.04. The summed E-state index contributed by atoms with van der Waals surface area (Å²) in [7, 11) is -3.66. The molecule has 154 valence electrons. The molecule has 1 atom stereocenters. The van der Waals surface area contributed by atoms with Crippen LogP contribution in [0.3, 0.4) is 0 Å². The van der Waals surface area contributed by atoms with Crippen LogP contribution in [-0.2, 0) is 21.2 Å². The van der Waals surface area contributed by atoms with E-state index in [1.165, 1.54) is 16.4 Å². The number of sulfonamides is 1. The van der Waals surface area contributed by atoms with Crippen molar-refractivity contribution in [2.24, 2.45) is 0 Å². The minimum atomic E-state index is -3.66. The second kappa shape index (κ2) is 8.20. The van der Waals surface area contributed by atoms with Gasteiger partial charge in [0, 0.05) is 12.2 Å². The molecular formula is C23H22N2O4S. The lowest BCUT2D eigenvalue weighted by Crippen LogP contribution is -2.30. The molecule has 4 rings (SSSR count). The van der Waals surface area contributed by atoms with E-state index in [9.17, 15) is 13.2 Å². The molecule has 1 N–H and O–H groups in total. The quantitative estimate of drug-likeness (QED) is 0.655. The second-order valence-corrected chi connectivity index (χ2v) is 8.90. The zero-order chi connectivity index (χ0) is 21.1. The summed E-state index contributed by atoms with van der Waals surface area (Å²) in [5.74, 6) is 0.287. The Morgan fingerprint density at radius 2 is 1.63 bits per heavy atom. The molecule has 0 bridgehead atoms. The van der Waals surface area contributed by atoms with Gasteiger partial charge in [0.1, 0.15) is 5.75 Å². The van der Waals surface area contributed by atoms with Crippen LogP contribution in [0.4, 0.5) is 11.4 Å². The van der Waals surface area contributed by atoms with Gasteiger partial charge in [-0.15, -0.1) is 0 Å². The number of benzene rings is 3. The molecule has 1 aliphatic rings. The largest absolute Gasteiger partial charge is 0.481 e. The molecule has 7 heteroatoms. The van der Waals surface area contributed by atoms with Gasteiger partial charge in [0.05, 0.1) is 10.6 Å². The van der Waals surface area contributed by atoms with E-state index in [2.05, 4.69) is 5.32 Å². The molecule has 3 aromatic carbocycles. The maximum absolute atomic E-state index is 13.1. The fourth-order valence-electron chi connectivity index (χ4n) is 3.40. The Bertz CT molecular complexity index is 1150. The molecule has 0 spiro atoms. The van der Waals surface area contributed by atoms with Crippen LogP contribution in [-0.4, -0.2) is 27.0 Å². The van der Waals surface area contributed by atoms with Crippen molar-refractivity contribution in [3.63, 3.8) is 0 Å². The number of nitrogens with zero attached hydrogens (tertiary/aromatic N) is 1. The summed E-state index contributed by atoms with van der Waals surface area (Å²) in [4.78, 5) is 12.6. The van der Waals surface area contributed by atoms with Crippen LogP contribution in [0.2, 0.25) is 0 Å². The minimum absolute atomic E-state index is 0.186. The Kier molecular flexibility index (Phi) is 5.46. The van der Waals surface area contributed by atoms with Crippen LogP contribution >= 0.6 is 0 Å². The lowest BCUT2D eigenvalue weighted by molar-refractivity contribution is -0.122. The fraction of sp³-hybridized carbons (Fsp3) is 0.174. The number of ether oxygens (including phenoxy) is 1. The number of carbonyl (C=O) groups excluding carboxylic acids is 1. The Hall–Kier alpha value is -3.32. The molecule has 0 saturated carbocycles. The standard InChI is InChI=1S/C23H22N2O4S/c1-17(29-20-8-3-2-4-9-20)23(26)24-19-11-13-21(14-12-19)30(27,28)25-16-15-18-7-5-6-10-22(18)25/h2-14,17H,15-16H2,1H3,(H,24,26)/t17-/m0/s1. The van der Waals surface area contributed by atoms with E-state index in [-0.39, 0.29) is 10.8 Å². The van der Waals surface area contributed by atoms with E-state index in [1.807, 2.05) is 42.5 Å². The van der Waals surface area contributed by atoms with Crippen molar-refractivity contribution < 1.29 is 17.9 Å². The number of anilines is 2. The smallest absolute Gasteiger partial charge is 0.265 e. The van der Waals surface area contributed by atoms with Gasteiger partial charge in [-0.3, -0.25) is 9.10 Å². The van der Waals surface area contributed by atoms with Gasteiger partial charge in [-0.2, -0.15) is 0 Å². The molecule has 0 fully saturated rings. The van der Waals surface area contributed by atoms with Gasteiger partial charge in [0.15, 0.2) is 6.10 Å². The summed E-state index contributed by atoms with van der Waals surface area (Å²) in [6, 6.07) is 22.8. The summed E-state index contributed by atoms with van der Waals surface area (Å²) >= 11 is 0. The molecule has 0 aromatic heterocycles. The Balaban J connectivity index is 1.44. The third-order valence-corrected chi connectivity index (χ3v) is 6.81. The third kappa shape index (κ3) is 4.02. The highest BCUT2D eigenvalue weighted by Crippen LogP contribution is 2.32. The van der Waals surface area contributed by atoms with Gasteiger partial charge in [-0.1, -0.05) is 36.4 Å². The van der Waals surface area contributed by atoms with Crippen molar-refractivity contribution in [1.29, 1.82) is 0 Å². The summed E-state index contributed by atoms with van der Waals surface area (Å²) in [5.41, 5.74) is 2.25. The van der Waals surface area contributed by atoms with Crippen LogP contribution in [0.15, 0.2) is 83.8 Å². The summed E-state index contributed by atoms with van der Waals surface area (Å²) in [6.07, 6.45) is -0.0000360. The number of rotatable bonds is 6. The molecule has 0 radical (unpaired) electrons. The van der Waals surface area contributed by atoms with E-state index in [0.717, 1.165) is 11.3 Å². The zero-order valence-electron chi connectivity index (χ0n) is 16.5. The van der Waals surface area contributed by atoms with Gasteiger partial charge in [-0.05, 0) is 61.4 Å². The number of nitrogens with one attached hydrogen (secondary N) is 1. The Labute approximate surface area is 176 Å². The SMILES string of the molecule is C[C@H](Oc1ccccc1)C(=O)Nc1ccc(S(=O)(=O)N2CCc3ccccc32)cc1. The lowest BCUT2D eigenvalue weighted by Gasteiger charge is -2.20. The highest BCUT2D eigenvalue weighted by atomic mass is 32.2. The average molecular weight is 423 g/mol. The predicted octanol–water partition coefficient (Wildman–Crippen LogP) is 3.84. The van der Waals surface area contributed by atoms with Gasteiger partial charge >= 0.3 is 0 Å². The average Bonchev–Trinajstić information content (AvgIpc) is 3.20. The maximum Gasteiger partial charge on any atom is 0.265 e. The van der Waals surface area contributed by atoms with Crippen molar-refractivity contribution in [3.8, 4) is 5.75 Å². The monoisotopic (exact) mass is 422 g/mol. The van der Waals surface area contributed by atoms with E-state index >= 15 is 0 Å². The van der Waals surface area contributed by atoms with E-state index in [4.69, 9.17) is 4.74 Å². The molecule has 0 aliphatic carbocycles. The number of carbonyl (C=O) groups is 1. The van der Waals surface area contributed by atoms with E-state index in [0.29, 0.717) is 24.4 Å². The van der Waals surface area contributed by atoms with Gasteiger partial charge < -0.3 is 10.1 Å². The van der Waals surface area contributed by atoms with Crippen LogP contribution in [0.5, 0.6) is 5.75 Å². The summed E-state index contributed by atoms with van der Waals surface area (Å²) in [5, 5.41) is 2.75.